The van der Waals surface area contributed by atoms with E-state index in [-0.39, 0.29) is 22.6 Å². The van der Waals surface area contributed by atoms with Gasteiger partial charge < -0.3 is 19.3 Å². The molecule has 1 heterocycles. The molecule has 1 fully saturated rings. The van der Waals surface area contributed by atoms with E-state index >= 15 is 0 Å². The van der Waals surface area contributed by atoms with Gasteiger partial charge in [-0.15, -0.1) is 0 Å². The van der Waals surface area contributed by atoms with Gasteiger partial charge in [-0.05, 0) is 48.4 Å². The zero-order valence-corrected chi connectivity index (χ0v) is 21.1. The van der Waals surface area contributed by atoms with Crippen molar-refractivity contribution in [1.82, 2.24) is 4.90 Å². The van der Waals surface area contributed by atoms with Crippen molar-refractivity contribution < 1.29 is 14.3 Å². The number of methoxy groups -OCH3 is 1. The van der Waals surface area contributed by atoms with E-state index in [1.165, 1.54) is 0 Å². The first-order chi connectivity index (χ1) is 16.4. The summed E-state index contributed by atoms with van der Waals surface area (Å²) in [6.45, 7) is 6.90. The maximum Gasteiger partial charge on any atom is 0.255 e. The highest BCUT2D eigenvalue weighted by Crippen LogP contribution is 2.40. The molecule has 1 amide bonds. The van der Waals surface area contributed by atoms with Gasteiger partial charge in [-0.25, -0.2) is 0 Å². The van der Waals surface area contributed by atoms with Gasteiger partial charge in [-0.2, -0.15) is 0 Å². The van der Waals surface area contributed by atoms with Gasteiger partial charge in [0.05, 0.1) is 22.7 Å². The molecule has 5 nitrogen and oxygen atoms in total. The third kappa shape index (κ3) is 5.11. The Morgan fingerprint density at radius 1 is 0.941 bits per heavy atom. The van der Waals surface area contributed by atoms with Crippen molar-refractivity contribution in [2.45, 2.75) is 19.8 Å². The number of ether oxygens (including phenoxy) is 2. The van der Waals surface area contributed by atoms with Gasteiger partial charge in [0.15, 0.2) is 5.75 Å². The number of anilines is 1. The largest absolute Gasteiger partial charge is 0.496 e. The van der Waals surface area contributed by atoms with Crippen LogP contribution < -0.4 is 14.4 Å². The van der Waals surface area contributed by atoms with Crippen LogP contribution in [-0.2, 0) is 0 Å². The summed E-state index contributed by atoms with van der Waals surface area (Å²) in [4.78, 5) is 17.4. The van der Waals surface area contributed by atoms with Crippen molar-refractivity contribution in [3.63, 3.8) is 0 Å². The van der Waals surface area contributed by atoms with Crippen LogP contribution in [0.5, 0.6) is 17.2 Å². The Balaban J connectivity index is 1.53. The Morgan fingerprint density at radius 3 is 2.29 bits per heavy atom. The lowest BCUT2D eigenvalue weighted by Crippen LogP contribution is -2.48. The van der Waals surface area contributed by atoms with Crippen LogP contribution in [0.2, 0.25) is 10.0 Å². The molecule has 1 aliphatic rings. The van der Waals surface area contributed by atoms with Crippen LogP contribution in [0.15, 0.2) is 60.7 Å². The van der Waals surface area contributed by atoms with E-state index in [1.54, 1.807) is 25.3 Å². The summed E-state index contributed by atoms with van der Waals surface area (Å²) < 4.78 is 11.5. The van der Waals surface area contributed by atoms with Crippen molar-refractivity contribution in [3.8, 4) is 17.2 Å². The summed E-state index contributed by atoms with van der Waals surface area (Å²) in [6, 6.07) is 19.1. The Bertz CT molecular complexity index is 1160. The number of para-hydroxylation sites is 1. The first kappa shape index (κ1) is 24.2. The minimum atomic E-state index is -0.128. The molecular weight excluding hydrogens is 471 g/mol. The molecule has 34 heavy (non-hydrogen) atoms. The number of hydrogen-bond acceptors (Lipinski definition) is 4. The number of halogens is 2. The standard InChI is InChI=1S/C27H28Cl2N2O3/c1-18(2)22-17-20(9-12-24(22)33-3)34-26-23(28)11-10-21(25(26)29)27(32)31-15-13-30(14-16-31)19-7-5-4-6-8-19/h4-12,17-18H,13-16H2,1-3H3. The summed E-state index contributed by atoms with van der Waals surface area (Å²) in [7, 11) is 1.64. The summed E-state index contributed by atoms with van der Waals surface area (Å²) in [5.41, 5.74) is 2.55. The Morgan fingerprint density at radius 2 is 1.65 bits per heavy atom. The van der Waals surface area contributed by atoms with Gasteiger partial charge in [0, 0.05) is 37.4 Å². The Hall–Kier alpha value is -2.89. The van der Waals surface area contributed by atoms with Gasteiger partial charge in [0.2, 0.25) is 0 Å². The van der Waals surface area contributed by atoms with E-state index in [2.05, 4.69) is 30.9 Å². The van der Waals surface area contributed by atoms with Crippen molar-refractivity contribution in [1.29, 1.82) is 0 Å². The summed E-state index contributed by atoms with van der Waals surface area (Å²) in [5, 5.41) is 0.558. The van der Waals surface area contributed by atoms with Crippen molar-refractivity contribution >= 4 is 34.8 Å². The van der Waals surface area contributed by atoms with Crippen molar-refractivity contribution in [2.24, 2.45) is 0 Å². The molecular formula is C27H28Cl2N2O3. The number of piperazine rings is 1. The second-order valence-electron chi connectivity index (χ2n) is 8.51. The minimum absolute atomic E-state index is 0.128. The molecule has 0 spiro atoms. The second-order valence-corrected chi connectivity index (χ2v) is 9.30. The third-order valence-corrected chi connectivity index (χ3v) is 6.68. The molecule has 3 aromatic rings. The van der Waals surface area contributed by atoms with Gasteiger partial charge in [0.1, 0.15) is 11.5 Å². The van der Waals surface area contributed by atoms with Crippen LogP contribution in [0.3, 0.4) is 0 Å². The quantitative estimate of drug-likeness (QED) is 0.371. The fraction of sp³-hybridized carbons (Fsp3) is 0.296. The lowest BCUT2D eigenvalue weighted by atomic mass is 10.0. The highest BCUT2D eigenvalue weighted by molar-refractivity contribution is 6.39. The predicted octanol–water partition coefficient (Wildman–Crippen LogP) is 6.88. The first-order valence-corrected chi connectivity index (χ1v) is 12.1. The molecule has 0 bridgehead atoms. The topological polar surface area (TPSA) is 42.0 Å². The van der Waals surface area contributed by atoms with Gasteiger partial charge in [0.25, 0.3) is 5.91 Å². The number of carbonyl (C=O) groups is 1. The van der Waals surface area contributed by atoms with Crippen LogP contribution in [-0.4, -0.2) is 44.1 Å². The van der Waals surface area contributed by atoms with Gasteiger partial charge in [-0.3, -0.25) is 4.79 Å². The van der Waals surface area contributed by atoms with Gasteiger partial charge >= 0.3 is 0 Å². The molecule has 4 rings (SSSR count). The number of nitrogens with zero attached hydrogens (tertiary/aromatic N) is 2. The van der Waals surface area contributed by atoms with Crippen molar-refractivity contribution in [3.05, 3.63) is 81.8 Å². The molecule has 1 saturated heterocycles. The zero-order valence-electron chi connectivity index (χ0n) is 19.6. The molecule has 1 aliphatic heterocycles. The third-order valence-electron chi connectivity index (χ3n) is 6.01. The lowest BCUT2D eigenvalue weighted by Gasteiger charge is -2.36. The molecule has 7 heteroatoms. The van der Waals surface area contributed by atoms with Crippen LogP contribution in [0.25, 0.3) is 0 Å². The fourth-order valence-electron chi connectivity index (χ4n) is 4.11. The van der Waals surface area contributed by atoms with E-state index < -0.39 is 0 Å². The zero-order chi connectivity index (χ0) is 24.2. The molecule has 0 saturated carbocycles. The minimum Gasteiger partial charge on any atom is -0.496 e. The number of carbonyl (C=O) groups excluding carboxylic acids is 1. The number of amides is 1. The molecule has 0 radical (unpaired) electrons. The average molecular weight is 499 g/mol. The Kier molecular flexibility index (Phi) is 7.54. The molecule has 3 aromatic carbocycles. The smallest absolute Gasteiger partial charge is 0.255 e. The van der Waals surface area contributed by atoms with Crippen LogP contribution in [0.1, 0.15) is 35.7 Å². The summed E-state index contributed by atoms with van der Waals surface area (Å²) in [5.74, 6) is 1.76. The van der Waals surface area contributed by atoms with E-state index in [0.29, 0.717) is 29.4 Å². The Labute approximate surface area is 210 Å². The van der Waals surface area contributed by atoms with Crippen LogP contribution in [0, 0.1) is 0 Å². The molecule has 0 N–H and O–H groups in total. The highest BCUT2D eigenvalue weighted by Gasteiger charge is 2.26. The second kappa shape index (κ2) is 10.6. The number of benzene rings is 3. The molecule has 0 unspecified atom stereocenters. The first-order valence-electron chi connectivity index (χ1n) is 11.3. The maximum atomic E-state index is 13.3. The SMILES string of the molecule is COc1ccc(Oc2c(Cl)ccc(C(=O)N3CCN(c4ccccc4)CC3)c2Cl)cc1C(C)C. The van der Waals surface area contributed by atoms with Crippen LogP contribution >= 0.6 is 23.2 Å². The van der Waals surface area contributed by atoms with E-state index in [9.17, 15) is 4.79 Å². The fourth-order valence-corrected chi connectivity index (χ4v) is 4.64. The lowest BCUT2D eigenvalue weighted by molar-refractivity contribution is 0.0746. The maximum absolute atomic E-state index is 13.3. The molecule has 0 aliphatic carbocycles. The van der Waals surface area contributed by atoms with E-state index in [1.807, 2.05) is 35.2 Å². The monoisotopic (exact) mass is 498 g/mol. The molecule has 178 valence electrons. The summed E-state index contributed by atoms with van der Waals surface area (Å²) in [6.07, 6.45) is 0. The molecule has 0 aromatic heterocycles. The number of hydrogen-bond donors (Lipinski definition) is 0. The van der Waals surface area contributed by atoms with E-state index in [4.69, 9.17) is 32.7 Å². The summed E-state index contributed by atoms with van der Waals surface area (Å²) >= 11 is 13.1. The average Bonchev–Trinajstić information content (AvgIpc) is 2.86. The molecule has 0 atom stereocenters. The van der Waals surface area contributed by atoms with Crippen molar-refractivity contribution in [2.75, 3.05) is 38.2 Å². The number of rotatable bonds is 6. The van der Waals surface area contributed by atoms with E-state index in [0.717, 1.165) is 30.1 Å². The van der Waals surface area contributed by atoms with Crippen LogP contribution in [0.4, 0.5) is 5.69 Å². The normalized spacial score (nSPS) is 13.8. The van der Waals surface area contributed by atoms with Gasteiger partial charge in [-0.1, -0.05) is 55.2 Å². The predicted molar refractivity (Wildman–Crippen MR) is 138 cm³/mol. The highest BCUT2D eigenvalue weighted by atomic mass is 35.5.